The number of fused-ring (bicyclic) bond motifs is 1. The number of benzene rings is 1. The van der Waals surface area contributed by atoms with E-state index >= 15 is 0 Å². The highest BCUT2D eigenvalue weighted by atomic mass is 32.2. The maximum Gasteiger partial charge on any atom is 0.187 e. The molecule has 1 aliphatic rings. The fourth-order valence-electron chi connectivity index (χ4n) is 2.47. The molecule has 2 N–H and O–H groups in total. The molecular formula is C15H17N3S. The molecule has 19 heavy (non-hydrogen) atoms. The van der Waals surface area contributed by atoms with Gasteiger partial charge in [0.25, 0.3) is 0 Å². The van der Waals surface area contributed by atoms with Crippen molar-refractivity contribution in [2.24, 2.45) is 5.73 Å². The Kier molecular flexibility index (Phi) is 3.53. The van der Waals surface area contributed by atoms with Gasteiger partial charge in [-0.2, -0.15) is 0 Å². The average molecular weight is 271 g/mol. The standard InChI is InChI=1S/C15H17N3S/c1-10-8-17-15(18-9-10)19-13-7-6-11-4-2-3-5-12(11)14(13)16/h2-5,8-9,13-14H,6-7,16H2,1H3. The Labute approximate surface area is 117 Å². The number of hydrogen-bond donors (Lipinski definition) is 1. The molecule has 0 fully saturated rings. The van der Waals surface area contributed by atoms with Crippen LogP contribution in [-0.2, 0) is 6.42 Å². The van der Waals surface area contributed by atoms with Crippen molar-refractivity contribution >= 4 is 11.8 Å². The minimum atomic E-state index is 0.0693. The molecule has 0 saturated heterocycles. The number of nitrogens with zero attached hydrogens (tertiary/aromatic N) is 2. The molecule has 1 aromatic heterocycles. The third kappa shape index (κ3) is 2.65. The van der Waals surface area contributed by atoms with E-state index in [0.29, 0.717) is 5.25 Å². The molecule has 98 valence electrons. The normalized spacial score (nSPS) is 22.0. The number of nitrogens with two attached hydrogens (primary N) is 1. The predicted molar refractivity (Wildman–Crippen MR) is 78.1 cm³/mol. The van der Waals surface area contributed by atoms with E-state index in [2.05, 4.69) is 34.2 Å². The summed E-state index contributed by atoms with van der Waals surface area (Å²) in [4.78, 5) is 8.72. The molecule has 0 radical (unpaired) electrons. The molecule has 0 saturated carbocycles. The van der Waals surface area contributed by atoms with Crippen LogP contribution >= 0.6 is 11.8 Å². The van der Waals surface area contributed by atoms with Crippen molar-refractivity contribution in [3.63, 3.8) is 0 Å². The molecule has 1 aromatic carbocycles. The van der Waals surface area contributed by atoms with E-state index in [1.165, 1.54) is 11.1 Å². The van der Waals surface area contributed by atoms with Gasteiger partial charge in [-0.15, -0.1) is 0 Å². The van der Waals surface area contributed by atoms with Crippen molar-refractivity contribution in [2.45, 2.75) is 36.2 Å². The summed E-state index contributed by atoms with van der Waals surface area (Å²) in [5, 5.41) is 1.18. The first-order valence-electron chi connectivity index (χ1n) is 6.53. The van der Waals surface area contributed by atoms with Gasteiger partial charge in [-0.05, 0) is 36.5 Å². The monoisotopic (exact) mass is 271 g/mol. The van der Waals surface area contributed by atoms with E-state index in [4.69, 9.17) is 5.73 Å². The lowest BCUT2D eigenvalue weighted by Crippen LogP contribution is -2.29. The van der Waals surface area contributed by atoms with Gasteiger partial charge in [-0.3, -0.25) is 0 Å². The lowest BCUT2D eigenvalue weighted by molar-refractivity contribution is 0.585. The number of aromatic nitrogens is 2. The summed E-state index contributed by atoms with van der Waals surface area (Å²) in [5.74, 6) is 0. The summed E-state index contributed by atoms with van der Waals surface area (Å²) in [5.41, 5.74) is 10.1. The summed E-state index contributed by atoms with van der Waals surface area (Å²) >= 11 is 1.70. The molecule has 3 nitrogen and oxygen atoms in total. The average Bonchev–Trinajstić information content (AvgIpc) is 2.45. The zero-order chi connectivity index (χ0) is 13.2. The van der Waals surface area contributed by atoms with Crippen LogP contribution in [0.2, 0.25) is 0 Å². The van der Waals surface area contributed by atoms with Gasteiger partial charge < -0.3 is 5.73 Å². The second-order valence-electron chi connectivity index (χ2n) is 4.96. The first-order chi connectivity index (χ1) is 9.24. The maximum atomic E-state index is 6.39. The van der Waals surface area contributed by atoms with Crippen LogP contribution in [0.4, 0.5) is 0 Å². The van der Waals surface area contributed by atoms with Gasteiger partial charge in [-0.25, -0.2) is 9.97 Å². The topological polar surface area (TPSA) is 51.8 Å². The van der Waals surface area contributed by atoms with Crippen molar-refractivity contribution in [3.8, 4) is 0 Å². The van der Waals surface area contributed by atoms with Crippen LogP contribution in [0.1, 0.15) is 29.2 Å². The summed E-state index contributed by atoms with van der Waals surface area (Å²) < 4.78 is 0. The summed E-state index contributed by atoms with van der Waals surface area (Å²) in [6, 6.07) is 8.54. The maximum absolute atomic E-state index is 6.39. The molecule has 1 aliphatic carbocycles. The molecule has 0 amide bonds. The Morgan fingerprint density at radius 2 is 1.95 bits per heavy atom. The third-order valence-corrected chi connectivity index (χ3v) is 4.78. The molecule has 0 bridgehead atoms. The van der Waals surface area contributed by atoms with Crippen LogP contribution in [0.25, 0.3) is 0 Å². The highest BCUT2D eigenvalue weighted by molar-refractivity contribution is 7.99. The zero-order valence-electron chi connectivity index (χ0n) is 10.9. The van der Waals surface area contributed by atoms with E-state index in [0.717, 1.165) is 23.6 Å². The van der Waals surface area contributed by atoms with Crippen LogP contribution < -0.4 is 5.73 Å². The molecular weight excluding hydrogens is 254 g/mol. The van der Waals surface area contributed by atoms with E-state index in [1.807, 2.05) is 19.3 Å². The molecule has 2 unspecified atom stereocenters. The van der Waals surface area contributed by atoms with Gasteiger partial charge >= 0.3 is 0 Å². The summed E-state index contributed by atoms with van der Waals surface area (Å²) in [6.07, 6.45) is 5.89. The summed E-state index contributed by atoms with van der Waals surface area (Å²) in [7, 11) is 0. The second-order valence-corrected chi connectivity index (χ2v) is 6.17. The van der Waals surface area contributed by atoms with Gasteiger partial charge in [0.1, 0.15) is 0 Å². The van der Waals surface area contributed by atoms with Gasteiger partial charge in [0.15, 0.2) is 5.16 Å². The Hall–Kier alpha value is -1.39. The Morgan fingerprint density at radius 1 is 1.21 bits per heavy atom. The van der Waals surface area contributed by atoms with Crippen LogP contribution in [-0.4, -0.2) is 15.2 Å². The highest BCUT2D eigenvalue weighted by Gasteiger charge is 2.27. The minimum absolute atomic E-state index is 0.0693. The van der Waals surface area contributed by atoms with Crippen molar-refractivity contribution in [1.82, 2.24) is 9.97 Å². The van der Waals surface area contributed by atoms with Crippen LogP contribution in [0.3, 0.4) is 0 Å². The Balaban J connectivity index is 1.79. The molecule has 2 atom stereocenters. The molecule has 4 heteroatoms. The van der Waals surface area contributed by atoms with E-state index in [1.54, 1.807) is 11.8 Å². The lowest BCUT2D eigenvalue weighted by atomic mass is 9.88. The fraction of sp³-hybridized carbons (Fsp3) is 0.333. The SMILES string of the molecule is Cc1cnc(SC2CCc3ccccc3C2N)nc1. The molecule has 1 heterocycles. The zero-order valence-corrected chi connectivity index (χ0v) is 11.7. The van der Waals surface area contributed by atoms with Gasteiger partial charge in [-0.1, -0.05) is 36.0 Å². The fourth-order valence-corrected chi connectivity index (χ4v) is 3.50. The van der Waals surface area contributed by atoms with E-state index < -0.39 is 0 Å². The van der Waals surface area contributed by atoms with E-state index in [9.17, 15) is 0 Å². The summed E-state index contributed by atoms with van der Waals surface area (Å²) in [6.45, 7) is 2.00. The molecule has 3 rings (SSSR count). The largest absolute Gasteiger partial charge is 0.323 e. The first-order valence-corrected chi connectivity index (χ1v) is 7.40. The predicted octanol–water partition coefficient (Wildman–Crippen LogP) is 2.89. The lowest BCUT2D eigenvalue weighted by Gasteiger charge is -2.29. The van der Waals surface area contributed by atoms with Crippen LogP contribution in [0, 0.1) is 6.92 Å². The number of hydrogen-bond acceptors (Lipinski definition) is 4. The third-order valence-electron chi connectivity index (χ3n) is 3.53. The van der Waals surface area contributed by atoms with Crippen molar-refractivity contribution in [1.29, 1.82) is 0 Å². The Bertz CT molecular complexity index is 568. The number of rotatable bonds is 2. The van der Waals surface area contributed by atoms with Crippen LogP contribution in [0.5, 0.6) is 0 Å². The van der Waals surface area contributed by atoms with Crippen LogP contribution in [0.15, 0.2) is 41.8 Å². The van der Waals surface area contributed by atoms with Gasteiger partial charge in [0.05, 0.1) is 0 Å². The quantitative estimate of drug-likeness (QED) is 0.853. The van der Waals surface area contributed by atoms with Gasteiger partial charge in [0, 0.05) is 23.7 Å². The number of thioether (sulfide) groups is 1. The van der Waals surface area contributed by atoms with Crippen molar-refractivity contribution in [2.75, 3.05) is 0 Å². The van der Waals surface area contributed by atoms with Crippen molar-refractivity contribution < 1.29 is 0 Å². The second kappa shape index (κ2) is 5.31. The highest BCUT2D eigenvalue weighted by Crippen LogP contribution is 2.37. The molecule has 0 aliphatic heterocycles. The van der Waals surface area contributed by atoms with Crippen molar-refractivity contribution in [3.05, 3.63) is 53.3 Å². The molecule has 0 spiro atoms. The van der Waals surface area contributed by atoms with Gasteiger partial charge in [0.2, 0.25) is 0 Å². The number of aryl methyl sites for hydroxylation is 2. The minimum Gasteiger partial charge on any atom is -0.323 e. The molecule has 2 aromatic rings. The first kappa shape index (κ1) is 12.6. The Morgan fingerprint density at radius 3 is 2.74 bits per heavy atom. The smallest absolute Gasteiger partial charge is 0.187 e. The van der Waals surface area contributed by atoms with E-state index in [-0.39, 0.29) is 6.04 Å².